The molecular weight excluding hydrogens is 505 g/mol. The third-order valence-corrected chi connectivity index (χ3v) is 34.3. The van der Waals surface area contributed by atoms with Crippen LogP contribution in [0.2, 0.25) is 26.2 Å². The maximum atomic E-state index is 5.47. The average molecular weight is 545 g/mol. The summed E-state index contributed by atoms with van der Waals surface area (Å²) in [6.07, 6.45) is 0. The normalized spacial score (nSPS) is 12.3. The zero-order chi connectivity index (χ0) is 26.1. The molecule has 0 aliphatic heterocycles. The first-order valence-corrected chi connectivity index (χ1v) is 24.4. The lowest BCUT2D eigenvalue weighted by molar-refractivity contribution is 0.379. The van der Waals surface area contributed by atoms with Crippen molar-refractivity contribution in [1.82, 2.24) is 0 Å². The van der Waals surface area contributed by atoms with E-state index in [9.17, 15) is 0 Å². The van der Waals surface area contributed by atoms with Crippen molar-refractivity contribution in [2.45, 2.75) is 26.2 Å². The highest BCUT2D eigenvalue weighted by Crippen LogP contribution is 2.19. The monoisotopic (exact) mass is 544 g/mol. The largest absolute Gasteiger partial charge is 0.420 e. The molecule has 0 saturated carbocycles. The lowest BCUT2D eigenvalue weighted by Gasteiger charge is -2.34. The Balaban J connectivity index is 0.000000308. The van der Waals surface area contributed by atoms with Crippen molar-refractivity contribution in [2.24, 2.45) is 0 Å². The lowest BCUT2D eigenvalue weighted by atomic mass is 10.3. The summed E-state index contributed by atoms with van der Waals surface area (Å²) in [5.41, 5.74) is 0. The van der Waals surface area contributed by atoms with Crippen LogP contribution in [0.3, 0.4) is 0 Å². The molecule has 0 radical (unpaired) electrons. The highest BCUT2D eigenvalue weighted by atomic mass is 29.3. The van der Waals surface area contributed by atoms with Crippen molar-refractivity contribution >= 4 is 53.0 Å². The molecule has 0 saturated heterocycles. The van der Waals surface area contributed by atoms with Gasteiger partial charge in [-0.05, 0) is 26.2 Å². The fraction of sp³-hybridized carbons (Fsp3) is 0.200. The molecule has 4 aromatic carbocycles. The van der Waals surface area contributed by atoms with Gasteiger partial charge in [0.1, 0.15) is 7.59 Å². The van der Waals surface area contributed by atoms with Crippen LogP contribution >= 0.6 is 0 Å². The first-order chi connectivity index (χ1) is 17.3. The van der Waals surface area contributed by atoms with E-state index in [1.807, 2.05) is 0 Å². The minimum atomic E-state index is -2.03. The molecule has 0 heterocycles. The van der Waals surface area contributed by atoms with Crippen molar-refractivity contribution in [3.8, 4) is 0 Å². The Morgan fingerprint density at radius 2 is 0.722 bits per heavy atom. The van der Waals surface area contributed by atoms with Gasteiger partial charge in [0.25, 0.3) is 0 Å². The second kappa shape index (κ2) is 12.8. The third-order valence-electron chi connectivity index (χ3n) is 7.58. The van der Waals surface area contributed by atoms with Gasteiger partial charge in [0, 0.05) is 14.2 Å². The van der Waals surface area contributed by atoms with Gasteiger partial charge >= 0.3 is 0 Å². The van der Waals surface area contributed by atoms with E-state index in [0.29, 0.717) is 0 Å². The fourth-order valence-corrected chi connectivity index (χ4v) is 19.8. The van der Waals surface area contributed by atoms with Crippen molar-refractivity contribution in [1.29, 1.82) is 0 Å². The van der Waals surface area contributed by atoms with Crippen molar-refractivity contribution in [2.75, 3.05) is 14.2 Å². The highest BCUT2D eigenvalue weighted by molar-refractivity contribution is 7.46. The van der Waals surface area contributed by atoms with Crippen LogP contribution in [-0.4, -0.2) is 46.5 Å². The molecule has 2 nitrogen and oxygen atoms in total. The van der Waals surface area contributed by atoms with E-state index in [0.717, 1.165) is 0 Å². The van der Waals surface area contributed by atoms with Gasteiger partial charge in [-0.1, -0.05) is 142 Å². The smallest absolute Gasteiger partial charge is 0.204 e. The molecule has 0 aliphatic carbocycles. The summed E-state index contributed by atoms with van der Waals surface area (Å²) in [5.74, 6) is 0. The quantitative estimate of drug-likeness (QED) is 0.247. The Labute approximate surface area is 223 Å². The Morgan fingerprint density at radius 3 is 1.00 bits per heavy atom. The van der Waals surface area contributed by atoms with Gasteiger partial charge in [0.15, 0.2) is 0 Å². The zero-order valence-corrected chi connectivity index (χ0v) is 27.0. The summed E-state index contributed by atoms with van der Waals surface area (Å²) in [4.78, 5) is 0. The van der Waals surface area contributed by atoms with E-state index >= 15 is 0 Å². The predicted molar refractivity (Wildman–Crippen MR) is 168 cm³/mol. The van der Waals surface area contributed by atoms with E-state index in [1.54, 1.807) is 14.2 Å². The third kappa shape index (κ3) is 6.50. The summed E-state index contributed by atoms with van der Waals surface area (Å²) in [7, 11) is -1.98. The Morgan fingerprint density at radius 1 is 0.444 bits per heavy atom. The SMILES string of the molecule is CO[Si](C)(C)[Si](C)(C)OC.c1ccc([SiH2][Si](c2ccccc2)(c2ccccc2)c2ccccc2)cc1. The molecule has 0 spiro atoms. The molecule has 4 rings (SSSR count). The molecule has 0 unspecified atom stereocenters. The molecule has 0 amide bonds. The summed E-state index contributed by atoms with van der Waals surface area (Å²) < 4.78 is 10.9. The van der Waals surface area contributed by atoms with E-state index < -0.39 is 32.3 Å². The van der Waals surface area contributed by atoms with Crippen molar-refractivity contribution < 1.29 is 8.85 Å². The van der Waals surface area contributed by atoms with Gasteiger partial charge in [-0.15, -0.1) is 0 Å². The molecule has 188 valence electrons. The average Bonchev–Trinajstić information content (AvgIpc) is 2.94. The van der Waals surface area contributed by atoms with E-state index in [-0.39, 0.29) is 0 Å². The molecule has 0 atom stereocenters. The molecule has 0 aliphatic rings. The molecule has 4 aromatic rings. The molecule has 0 N–H and O–H groups in total. The zero-order valence-electron chi connectivity index (χ0n) is 22.6. The standard InChI is InChI=1S/C24H22Si2.C6H18O2Si2/c1-5-13-21(14-6-1)25-26(22-15-7-2-8-16-22,23-17-9-3-10-18-23)24-19-11-4-12-20-24;1-7-9(3,4)10(5,6)8-2/h1-20H,25H2;1-6H3. The van der Waals surface area contributed by atoms with E-state index in [2.05, 4.69) is 148 Å². The van der Waals surface area contributed by atoms with Gasteiger partial charge in [-0.3, -0.25) is 0 Å². The molecule has 0 bridgehead atoms. The van der Waals surface area contributed by atoms with Crippen molar-refractivity contribution in [3.63, 3.8) is 0 Å². The first-order valence-electron chi connectivity index (χ1n) is 12.6. The summed E-state index contributed by atoms with van der Waals surface area (Å²) in [6.45, 7) is 8.84. The van der Waals surface area contributed by atoms with Crippen LogP contribution in [0, 0.1) is 0 Å². The molecule has 0 aromatic heterocycles. The van der Waals surface area contributed by atoms with Gasteiger partial charge < -0.3 is 8.85 Å². The van der Waals surface area contributed by atoms with Crippen LogP contribution < -0.4 is 20.7 Å². The fourth-order valence-electron chi connectivity index (χ4n) is 4.37. The second-order valence-corrected chi connectivity index (χ2v) is 33.1. The van der Waals surface area contributed by atoms with Crippen LogP contribution in [0.15, 0.2) is 121 Å². The Hall–Kier alpha value is -2.33. The van der Waals surface area contributed by atoms with Crippen LogP contribution in [0.25, 0.3) is 0 Å². The Bertz CT molecular complexity index is 1060. The van der Waals surface area contributed by atoms with E-state index in [1.165, 1.54) is 20.7 Å². The van der Waals surface area contributed by atoms with Crippen LogP contribution in [-0.2, 0) is 8.85 Å². The number of hydrogen-bond donors (Lipinski definition) is 0. The highest BCUT2D eigenvalue weighted by Gasteiger charge is 2.43. The molecule has 36 heavy (non-hydrogen) atoms. The molecule has 6 heteroatoms. The number of rotatable bonds is 8. The second-order valence-electron chi connectivity index (χ2n) is 10.1. The van der Waals surface area contributed by atoms with Crippen molar-refractivity contribution in [3.05, 3.63) is 121 Å². The Kier molecular flexibility index (Phi) is 10.0. The molecular formula is C30H40O2Si4. The summed E-state index contributed by atoms with van der Waals surface area (Å²) >= 11 is 0. The van der Waals surface area contributed by atoms with Crippen LogP contribution in [0.4, 0.5) is 0 Å². The topological polar surface area (TPSA) is 18.5 Å². The lowest BCUT2D eigenvalue weighted by Crippen LogP contribution is -2.73. The van der Waals surface area contributed by atoms with Gasteiger partial charge in [0.05, 0.1) is 9.04 Å². The number of benzene rings is 4. The van der Waals surface area contributed by atoms with Crippen LogP contribution in [0.1, 0.15) is 0 Å². The predicted octanol–water partition coefficient (Wildman–Crippen LogP) is 3.92. The van der Waals surface area contributed by atoms with Crippen LogP contribution in [0.5, 0.6) is 0 Å². The minimum absolute atomic E-state index is 0.560. The van der Waals surface area contributed by atoms with Gasteiger partial charge in [-0.2, -0.15) is 0 Å². The molecule has 0 fully saturated rings. The van der Waals surface area contributed by atoms with E-state index in [4.69, 9.17) is 8.85 Å². The summed E-state index contributed by atoms with van der Waals surface area (Å²) in [6, 6.07) is 44.8. The first kappa shape index (κ1) is 28.2. The summed E-state index contributed by atoms with van der Waals surface area (Å²) in [5, 5.41) is 6.10. The number of hydrogen-bond acceptors (Lipinski definition) is 2. The van der Waals surface area contributed by atoms with Gasteiger partial charge in [0.2, 0.25) is 15.7 Å². The minimum Gasteiger partial charge on any atom is -0.420 e. The maximum Gasteiger partial charge on any atom is 0.204 e. The van der Waals surface area contributed by atoms with Gasteiger partial charge in [-0.25, -0.2) is 0 Å². The maximum absolute atomic E-state index is 5.47.